The van der Waals surface area contributed by atoms with Crippen LogP contribution in [0.25, 0.3) is 5.95 Å². The molecule has 7 nitrogen and oxygen atoms in total. The van der Waals surface area contributed by atoms with Gasteiger partial charge >= 0.3 is 0 Å². The summed E-state index contributed by atoms with van der Waals surface area (Å²) in [6.45, 7) is 3.94. The molecule has 1 aliphatic carbocycles. The molecule has 0 spiro atoms. The second-order valence-electron chi connectivity index (χ2n) is 7.64. The summed E-state index contributed by atoms with van der Waals surface area (Å²) in [6.07, 6.45) is 2.35. The number of amides is 1. The van der Waals surface area contributed by atoms with Crippen LogP contribution in [0, 0.1) is 0 Å². The van der Waals surface area contributed by atoms with E-state index < -0.39 is 0 Å². The minimum absolute atomic E-state index is 0.0949. The van der Waals surface area contributed by atoms with Crippen LogP contribution in [0.4, 0.5) is 5.82 Å². The van der Waals surface area contributed by atoms with Crippen LogP contribution >= 0.6 is 11.6 Å². The molecule has 3 aromatic rings. The molecule has 1 amide bonds. The molecule has 0 bridgehead atoms. The molecule has 0 unspecified atom stereocenters. The molecule has 8 heteroatoms. The van der Waals surface area contributed by atoms with Crippen LogP contribution < -0.4 is 10.9 Å². The number of hydrogen-bond acceptors (Lipinski definition) is 4. The molecule has 0 saturated heterocycles. The first-order chi connectivity index (χ1) is 13.9. The number of aromatic amines is 1. The Kier molecular flexibility index (Phi) is 5.24. The number of aromatic nitrogens is 4. The summed E-state index contributed by atoms with van der Waals surface area (Å²) >= 11 is 5.90. The average molecular weight is 412 g/mol. The highest BCUT2D eigenvalue weighted by Gasteiger charge is 2.28. The van der Waals surface area contributed by atoms with E-state index in [1.807, 2.05) is 32.0 Å². The van der Waals surface area contributed by atoms with Gasteiger partial charge in [-0.15, -0.1) is 0 Å². The predicted octanol–water partition coefficient (Wildman–Crippen LogP) is 3.79. The van der Waals surface area contributed by atoms with E-state index in [9.17, 15) is 9.59 Å². The van der Waals surface area contributed by atoms with Gasteiger partial charge in [-0.25, -0.2) is 4.98 Å². The molecule has 29 heavy (non-hydrogen) atoms. The maximum atomic E-state index is 12.6. The van der Waals surface area contributed by atoms with Crippen molar-refractivity contribution in [2.75, 3.05) is 5.32 Å². The number of hydrogen-bond donors (Lipinski definition) is 2. The third kappa shape index (κ3) is 4.56. The molecular formula is C21H22ClN5O2. The monoisotopic (exact) mass is 411 g/mol. The van der Waals surface area contributed by atoms with E-state index in [-0.39, 0.29) is 23.8 Å². The second kappa shape index (κ2) is 7.83. The Bertz CT molecular complexity index is 1100. The minimum Gasteiger partial charge on any atom is -0.310 e. The number of carbonyl (C=O) groups is 1. The Morgan fingerprint density at radius 3 is 2.66 bits per heavy atom. The van der Waals surface area contributed by atoms with Crippen LogP contribution in [0.15, 0.2) is 41.2 Å². The third-order valence-corrected chi connectivity index (χ3v) is 5.06. The molecule has 0 atom stereocenters. The van der Waals surface area contributed by atoms with Crippen molar-refractivity contribution in [3.05, 3.63) is 68.7 Å². The van der Waals surface area contributed by atoms with Crippen LogP contribution in [0.5, 0.6) is 0 Å². The van der Waals surface area contributed by atoms with Crippen molar-refractivity contribution >= 4 is 23.3 Å². The van der Waals surface area contributed by atoms with Gasteiger partial charge in [0.1, 0.15) is 5.82 Å². The van der Waals surface area contributed by atoms with Gasteiger partial charge in [0.15, 0.2) is 0 Å². The topological polar surface area (TPSA) is 92.7 Å². The number of halogens is 1. The van der Waals surface area contributed by atoms with Crippen molar-refractivity contribution in [2.24, 2.45) is 0 Å². The Morgan fingerprint density at radius 2 is 2.00 bits per heavy atom. The van der Waals surface area contributed by atoms with E-state index in [4.69, 9.17) is 11.6 Å². The van der Waals surface area contributed by atoms with E-state index in [1.54, 1.807) is 12.1 Å². The lowest BCUT2D eigenvalue weighted by Crippen LogP contribution is -2.20. The zero-order valence-electron chi connectivity index (χ0n) is 16.3. The van der Waals surface area contributed by atoms with Crippen LogP contribution in [0.2, 0.25) is 5.02 Å². The summed E-state index contributed by atoms with van der Waals surface area (Å²) in [5, 5.41) is 8.14. The normalized spacial score (nSPS) is 13.7. The number of nitrogens with one attached hydrogen (secondary N) is 2. The third-order valence-electron chi connectivity index (χ3n) is 4.81. The quantitative estimate of drug-likeness (QED) is 0.645. The van der Waals surface area contributed by atoms with E-state index in [0.29, 0.717) is 28.4 Å². The fourth-order valence-electron chi connectivity index (χ4n) is 3.06. The Morgan fingerprint density at radius 1 is 1.28 bits per heavy atom. The molecule has 2 N–H and O–H groups in total. The van der Waals surface area contributed by atoms with Gasteiger partial charge in [0.25, 0.3) is 5.56 Å². The Labute approximate surface area is 173 Å². The molecule has 150 valence electrons. The van der Waals surface area contributed by atoms with Gasteiger partial charge in [-0.1, -0.05) is 37.6 Å². The van der Waals surface area contributed by atoms with E-state index in [0.717, 1.165) is 24.1 Å². The molecule has 1 aliphatic rings. The Hall–Kier alpha value is -2.93. The van der Waals surface area contributed by atoms with Gasteiger partial charge in [-0.3, -0.25) is 14.6 Å². The first-order valence-corrected chi connectivity index (χ1v) is 10.0. The van der Waals surface area contributed by atoms with Crippen molar-refractivity contribution in [1.82, 2.24) is 19.7 Å². The first kappa shape index (κ1) is 19.4. The average Bonchev–Trinajstić information content (AvgIpc) is 3.44. The SMILES string of the molecule is CC(C)c1cc(=O)[nH]c(-n2nc(C3CC3)cc2NC(=O)Cc2ccc(Cl)cc2)n1. The van der Waals surface area contributed by atoms with Crippen LogP contribution in [-0.2, 0) is 11.2 Å². The molecule has 1 aromatic carbocycles. The number of benzene rings is 1. The second-order valence-corrected chi connectivity index (χ2v) is 8.08. The smallest absolute Gasteiger partial charge is 0.252 e. The molecule has 1 saturated carbocycles. The van der Waals surface area contributed by atoms with E-state index in [1.165, 1.54) is 10.7 Å². The van der Waals surface area contributed by atoms with Gasteiger partial charge in [-0.05, 0) is 36.5 Å². The maximum Gasteiger partial charge on any atom is 0.252 e. The number of H-pyrrole nitrogens is 1. The van der Waals surface area contributed by atoms with Gasteiger partial charge < -0.3 is 5.32 Å². The predicted molar refractivity (Wildman–Crippen MR) is 112 cm³/mol. The largest absolute Gasteiger partial charge is 0.310 e. The summed E-state index contributed by atoms with van der Waals surface area (Å²) in [6, 6.07) is 10.5. The highest BCUT2D eigenvalue weighted by atomic mass is 35.5. The highest BCUT2D eigenvalue weighted by Crippen LogP contribution is 2.40. The zero-order valence-corrected chi connectivity index (χ0v) is 17.0. The lowest BCUT2D eigenvalue weighted by atomic mass is 10.1. The minimum atomic E-state index is -0.249. The summed E-state index contributed by atoms with van der Waals surface area (Å²) < 4.78 is 1.51. The van der Waals surface area contributed by atoms with Crippen LogP contribution in [-0.4, -0.2) is 25.7 Å². The van der Waals surface area contributed by atoms with E-state index >= 15 is 0 Å². The molecule has 4 rings (SSSR count). The molecule has 2 heterocycles. The van der Waals surface area contributed by atoms with Gasteiger partial charge in [0, 0.05) is 23.1 Å². The van der Waals surface area contributed by atoms with Crippen molar-refractivity contribution in [3.63, 3.8) is 0 Å². The Balaban J connectivity index is 1.64. The van der Waals surface area contributed by atoms with Crippen molar-refractivity contribution in [2.45, 2.75) is 44.9 Å². The fourth-order valence-corrected chi connectivity index (χ4v) is 3.19. The number of rotatable bonds is 6. The zero-order chi connectivity index (χ0) is 20.5. The fraction of sp³-hybridized carbons (Fsp3) is 0.333. The highest BCUT2D eigenvalue weighted by molar-refractivity contribution is 6.30. The molecular weight excluding hydrogens is 390 g/mol. The summed E-state index contributed by atoms with van der Waals surface area (Å²) in [7, 11) is 0. The lowest BCUT2D eigenvalue weighted by Gasteiger charge is -2.10. The molecule has 2 aromatic heterocycles. The van der Waals surface area contributed by atoms with Gasteiger partial charge in [-0.2, -0.15) is 9.78 Å². The van der Waals surface area contributed by atoms with Crippen molar-refractivity contribution in [3.8, 4) is 5.95 Å². The first-order valence-electron chi connectivity index (χ1n) is 9.65. The summed E-state index contributed by atoms with van der Waals surface area (Å²) in [5.41, 5.74) is 2.17. The maximum absolute atomic E-state index is 12.6. The van der Waals surface area contributed by atoms with Gasteiger partial charge in [0.2, 0.25) is 11.9 Å². The number of carbonyl (C=O) groups excluding carboxylic acids is 1. The summed E-state index contributed by atoms with van der Waals surface area (Å²) in [5.74, 6) is 1.10. The standard InChI is InChI=1S/C21H22ClN5O2/c1-12(2)16-11-20(29)25-21(23-16)27-18(10-17(26-27)14-5-6-14)24-19(28)9-13-3-7-15(22)8-4-13/h3-4,7-8,10-12,14H,5-6,9H2,1-2H3,(H,24,28)(H,23,25,29). The van der Waals surface area contributed by atoms with Crippen molar-refractivity contribution in [1.29, 1.82) is 0 Å². The number of nitrogens with zero attached hydrogens (tertiary/aromatic N) is 3. The number of anilines is 1. The molecule has 0 radical (unpaired) electrons. The summed E-state index contributed by atoms with van der Waals surface area (Å²) in [4.78, 5) is 32.0. The van der Waals surface area contributed by atoms with E-state index in [2.05, 4.69) is 20.4 Å². The molecule has 0 aliphatic heterocycles. The van der Waals surface area contributed by atoms with Gasteiger partial charge in [0.05, 0.1) is 17.8 Å². The van der Waals surface area contributed by atoms with Crippen LogP contribution in [0.3, 0.4) is 0 Å². The van der Waals surface area contributed by atoms with Crippen LogP contribution in [0.1, 0.15) is 55.5 Å². The lowest BCUT2D eigenvalue weighted by molar-refractivity contribution is -0.115. The van der Waals surface area contributed by atoms with Crippen molar-refractivity contribution < 1.29 is 4.79 Å². The molecule has 1 fully saturated rings.